The van der Waals surface area contributed by atoms with Crippen LogP contribution in [0, 0.1) is 0 Å². The Morgan fingerprint density at radius 2 is 1.20 bits per heavy atom. The highest BCUT2D eigenvalue weighted by atomic mass is 14.7. The summed E-state index contributed by atoms with van der Waals surface area (Å²) in [5.74, 6) is 0. The van der Waals surface area contributed by atoms with Crippen LogP contribution in [0.5, 0.6) is 0 Å². The highest BCUT2D eigenvalue weighted by Gasteiger charge is 2.00. The van der Waals surface area contributed by atoms with Gasteiger partial charge in [-0.3, -0.25) is 0 Å². The molecule has 0 bridgehead atoms. The summed E-state index contributed by atoms with van der Waals surface area (Å²) in [5, 5.41) is 5.19. The molecule has 1 heterocycles. The van der Waals surface area contributed by atoms with Crippen molar-refractivity contribution < 1.29 is 0 Å². The maximum atomic E-state index is 3.51. The van der Waals surface area contributed by atoms with Gasteiger partial charge in [0.25, 0.3) is 0 Å². The van der Waals surface area contributed by atoms with Gasteiger partial charge in [0.15, 0.2) is 0 Å². The number of fused-ring (bicyclic) bond motifs is 1. The monoisotopic (exact) mass is 199 g/mol. The number of nitrogens with one attached hydrogen (secondary N) is 1. The predicted octanol–water partition coefficient (Wildman–Crippen LogP) is 2.55. The Morgan fingerprint density at radius 1 is 0.800 bits per heavy atom. The summed E-state index contributed by atoms with van der Waals surface area (Å²) in [7, 11) is 0. The van der Waals surface area contributed by atoms with Crippen LogP contribution >= 0.6 is 0 Å². The van der Waals surface area contributed by atoms with E-state index in [4.69, 9.17) is 0 Å². The van der Waals surface area contributed by atoms with E-state index in [0.717, 1.165) is 0 Å². The maximum absolute atomic E-state index is 3.51. The summed E-state index contributed by atoms with van der Waals surface area (Å²) in [6, 6.07) is 8.55. The molecule has 0 saturated carbocycles. The van der Waals surface area contributed by atoms with Crippen molar-refractivity contribution >= 4 is 21.9 Å². The number of H-pyrrole nitrogens is 1. The molecule has 2 aromatic rings. The third kappa shape index (κ3) is 1.58. The normalized spacial score (nSPS) is 10.7. The average Bonchev–Trinajstić information content (AvgIpc) is 2.56. The lowest BCUT2D eigenvalue weighted by atomic mass is 10.1. The van der Waals surface area contributed by atoms with Crippen molar-refractivity contribution in [3.63, 3.8) is 0 Å². The second kappa shape index (κ2) is 3.58. The fourth-order valence-corrected chi connectivity index (χ4v) is 1.97. The first-order chi connectivity index (χ1) is 7.11. The zero-order chi connectivity index (χ0) is 11.0. The van der Waals surface area contributed by atoms with Crippen LogP contribution in [0.15, 0.2) is 24.3 Å². The Hall–Kier alpha value is -1.50. The van der Waals surface area contributed by atoms with E-state index in [1.807, 2.05) is 0 Å². The van der Waals surface area contributed by atoms with E-state index in [1.54, 1.807) is 0 Å². The molecule has 0 fully saturated rings. The van der Waals surface area contributed by atoms with Gasteiger partial charge in [0, 0.05) is 21.5 Å². The van der Waals surface area contributed by atoms with Gasteiger partial charge in [-0.1, -0.05) is 35.4 Å². The molecule has 2 rings (SSSR count). The van der Waals surface area contributed by atoms with Gasteiger partial charge in [0.1, 0.15) is 0 Å². The van der Waals surface area contributed by atoms with Gasteiger partial charge in [-0.05, 0) is 27.7 Å². The first kappa shape index (κ1) is 10.0. The Morgan fingerprint density at radius 3 is 1.53 bits per heavy atom. The van der Waals surface area contributed by atoms with Crippen LogP contribution in [-0.4, -0.2) is 4.98 Å². The fourth-order valence-electron chi connectivity index (χ4n) is 1.97. The number of hydrogen-bond donors (Lipinski definition) is 1. The fraction of sp³-hybridized carbons (Fsp3) is 0.286. The SMILES string of the molecule is CC(C)=c1[nH]c(=C(C)C)c2ccccc12. The number of aromatic nitrogens is 1. The second-order valence-electron chi connectivity index (χ2n) is 4.42. The summed E-state index contributed by atoms with van der Waals surface area (Å²) in [6.45, 7) is 8.58. The smallest absolute Gasteiger partial charge is 0.0451 e. The van der Waals surface area contributed by atoms with Crippen LogP contribution in [0.1, 0.15) is 27.7 Å². The molecule has 0 aliphatic carbocycles. The molecular formula is C14H17N. The molecule has 15 heavy (non-hydrogen) atoms. The molecule has 1 aromatic heterocycles. The molecule has 1 heteroatoms. The Kier molecular flexibility index (Phi) is 2.39. The lowest BCUT2D eigenvalue weighted by Gasteiger charge is -1.89. The molecule has 0 atom stereocenters. The minimum atomic E-state index is 1.27. The van der Waals surface area contributed by atoms with Crippen molar-refractivity contribution in [3.8, 4) is 0 Å². The van der Waals surface area contributed by atoms with Gasteiger partial charge in [-0.25, -0.2) is 0 Å². The highest BCUT2D eigenvalue weighted by Crippen LogP contribution is 2.06. The molecule has 0 radical (unpaired) electrons. The summed E-state index contributed by atoms with van der Waals surface area (Å²) >= 11 is 0. The van der Waals surface area contributed by atoms with Gasteiger partial charge in [-0.15, -0.1) is 0 Å². The van der Waals surface area contributed by atoms with E-state index < -0.39 is 0 Å². The van der Waals surface area contributed by atoms with E-state index >= 15 is 0 Å². The average molecular weight is 199 g/mol. The molecule has 1 N–H and O–H groups in total. The van der Waals surface area contributed by atoms with Gasteiger partial charge in [-0.2, -0.15) is 0 Å². The Labute approximate surface area is 90.1 Å². The van der Waals surface area contributed by atoms with E-state index in [9.17, 15) is 0 Å². The summed E-state index contributed by atoms with van der Waals surface area (Å²) in [6.07, 6.45) is 0. The molecule has 0 saturated heterocycles. The number of rotatable bonds is 0. The maximum Gasteiger partial charge on any atom is 0.0451 e. The number of benzene rings is 1. The first-order valence-electron chi connectivity index (χ1n) is 5.33. The van der Waals surface area contributed by atoms with Crippen molar-refractivity contribution in [1.82, 2.24) is 4.98 Å². The summed E-state index contributed by atoms with van der Waals surface area (Å²) < 4.78 is 0. The van der Waals surface area contributed by atoms with Crippen molar-refractivity contribution in [2.75, 3.05) is 0 Å². The molecule has 78 valence electrons. The van der Waals surface area contributed by atoms with E-state index in [2.05, 4.69) is 56.9 Å². The lowest BCUT2D eigenvalue weighted by Crippen LogP contribution is -2.12. The zero-order valence-corrected chi connectivity index (χ0v) is 9.81. The molecule has 0 unspecified atom stereocenters. The van der Waals surface area contributed by atoms with Crippen molar-refractivity contribution in [2.45, 2.75) is 27.7 Å². The van der Waals surface area contributed by atoms with Crippen LogP contribution in [0.3, 0.4) is 0 Å². The molecule has 0 aliphatic rings. The third-order valence-corrected chi connectivity index (χ3v) is 2.72. The van der Waals surface area contributed by atoms with Gasteiger partial charge in [0.05, 0.1) is 0 Å². The summed E-state index contributed by atoms with van der Waals surface area (Å²) in [5.41, 5.74) is 2.66. The van der Waals surface area contributed by atoms with Gasteiger partial charge in [0.2, 0.25) is 0 Å². The van der Waals surface area contributed by atoms with Crippen LogP contribution in [0.4, 0.5) is 0 Å². The molecule has 0 aliphatic heterocycles. The molecule has 1 nitrogen and oxygen atoms in total. The largest absolute Gasteiger partial charge is 0.355 e. The minimum absolute atomic E-state index is 1.27. The quantitative estimate of drug-likeness (QED) is 0.671. The highest BCUT2D eigenvalue weighted by molar-refractivity contribution is 5.85. The minimum Gasteiger partial charge on any atom is -0.355 e. The van der Waals surface area contributed by atoms with Crippen molar-refractivity contribution in [3.05, 3.63) is 35.0 Å². The van der Waals surface area contributed by atoms with Crippen LogP contribution in [-0.2, 0) is 0 Å². The van der Waals surface area contributed by atoms with Crippen molar-refractivity contribution in [2.24, 2.45) is 0 Å². The van der Waals surface area contributed by atoms with E-state index in [-0.39, 0.29) is 0 Å². The van der Waals surface area contributed by atoms with Crippen LogP contribution in [0.25, 0.3) is 21.9 Å². The topological polar surface area (TPSA) is 15.8 Å². The molecule has 0 amide bonds. The van der Waals surface area contributed by atoms with Gasteiger partial charge >= 0.3 is 0 Å². The molecular weight excluding hydrogens is 182 g/mol. The zero-order valence-electron chi connectivity index (χ0n) is 9.81. The second-order valence-corrected chi connectivity index (χ2v) is 4.42. The summed E-state index contributed by atoms with van der Waals surface area (Å²) in [4.78, 5) is 3.51. The van der Waals surface area contributed by atoms with E-state index in [0.29, 0.717) is 0 Å². The van der Waals surface area contributed by atoms with Gasteiger partial charge < -0.3 is 4.98 Å². The lowest BCUT2D eigenvalue weighted by molar-refractivity contribution is 1.24. The standard InChI is InChI=1S/C14H17N/c1-9(2)13-11-7-5-6-8-12(11)14(15-13)10(3)4/h5-8,15H,1-4H3. The van der Waals surface area contributed by atoms with Crippen LogP contribution in [0.2, 0.25) is 0 Å². The Balaban J connectivity index is 3.15. The van der Waals surface area contributed by atoms with Crippen LogP contribution < -0.4 is 10.7 Å². The molecule has 1 aromatic carbocycles. The third-order valence-electron chi connectivity index (χ3n) is 2.72. The van der Waals surface area contributed by atoms with Crippen molar-refractivity contribution in [1.29, 1.82) is 0 Å². The molecule has 0 spiro atoms. The number of aromatic amines is 1. The number of hydrogen-bond acceptors (Lipinski definition) is 0. The first-order valence-corrected chi connectivity index (χ1v) is 5.33. The Bertz CT molecular complexity index is 552. The van der Waals surface area contributed by atoms with E-state index in [1.165, 1.54) is 32.6 Å². The predicted molar refractivity (Wildman–Crippen MR) is 67.1 cm³/mol.